The maximum atomic E-state index is 13.1. The minimum absolute atomic E-state index is 0.0497. The number of aromatic nitrogens is 3. The molecule has 0 saturated carbocycles. The quantitative estimate of drug-likeness (QED) is 0.666. The Kier molecular flexibility index (Phi) is 5.93. The van der Waals surface area contributed by atoms with Crippen molar-refractivity contribution in [2.24, 2.45) is 0 Å². The van der Waals surface area contributed by atoms with Gasteiger partial charge in [-0.1, -0.05) is 39.8 Å². The predicted molar refractivity (Wildman–Crippen MR) is 112 cm³/mol. The fourth-order valence-corrected chi connectivity index (χ4v) is 5.30. The number of carbonyl (C=O) groups is 2. The highest BCUT2D eigenvalue weighted by atomic mass is 79.9. The number of carbonyl (C=O) groups excluding carboxylic acids is 2. The van der Waals surface area contributed by atoms with E-state index >= 15 is 0 Å². The van der Waals surface area contributed by atoms with Crippen LogP contribution in [0.4, 0.5) is 4.79 Å². The van der Waals surface area contributed by atoms with E-state index in [1.807, 2.05) is 24.3 Å². The Hall–Kier alpha value is -1.91. The van der Waals surface area contributed by atoms with Crippen LogP contribution in [0.5, 0.6) is 0 Å². The third-order valence-electron chi connectivity index (χ3n) is 5.10. The third-order valence-corrected chi connectivity index (χ3v) is 6.82. The number of aryl methyl sites for hydroxylation is 1. The molecule has 2 atom stereocenters. The first kappa shape index (κ1) is 20.4. The molecule has 1 amide bonds. The van der Waals surface area contributed by atoms with E-state index in [1.165, 1.54) is 16.4 Å². The molecule has 1 aromatic heterocycles. The number of benzene rings is 1. The zero-order valence-corrected chi connectivity index (χ0v) is 18.6. The van der Waals surface area contributed by atoms with Crippen LogP contribution >= 0.6 is 27.7 Å². The Morgan fingerprint density at radius 1 is 1.28 bits per heavy atom. The molecule has 10 heteroatoms. The standard InChI is InChI=1S/C19H22BrN5O3S/c1-3-28-19(27)24-10-8-23(9-11-24)15(13-4-6-14(20)7-5-13)16-17(26)25-18(29-16)21-12(2)22-25/h4-7,15-16H,3,8-11H2,1-2H3. The minimum Gasteiger partial charge on any atom is -0.450 e. The lowest BCUT2D eigenvalue weighted by Crippen LogP contribution is -2.52. The summed E-state index contributed by atoms with van der Waals surface area (Å²) < 4.78 is 7.53. The Morgan fingerprint density at radius 2 is 1.97 bits per heavy atom. The molecule has 0 aliphatic carbocycles. The molecule has 1 fully saturated rings. The van der Waals surface area contributed by atoms with Crippen LogP contribution in [0.2, 0.25) is 0 Å². The smallest absolute Gasteiger partial charge is 0.409 e. The first-order chi connectivity index (χ1) is 14.0. The molecule has 154 valence electrons. The van der Waals surface area contributed by atoms with Crippen molar-refractivity contribution < 1.29 is 14.3 Å². The van der Waals surface area contributed by atoms with Crippen LogP contribution in [0.3, 0.4) is 0 Å². The summed E-state index contributed by atoms with van der Waals surface area (Å²) in [6.07, 6.45) is -0.279. The van der Waals surface area contributed by atoms with Crippen molar-refractivity contribution >= 4 is 39.7 Å². The van der Waals surface area contributed by atoms with Crippen molar-refractivity contribution in [3.63, 3.8) is 0 Å². The summed E-state index contributed by atoms with van der Waals surface area (Å²) in [4.78, 5) is 33.5. The number of thioether (sulfide) groups is 1. The van der Waals surface area contributed by atoms with E-state index in [1.54, 1.807) is 18.7 Å². The monoisotopic (exact) mass is 479 g/mol. The number of rotatable bonds is 4. The average molecular weight is 480 g/mol. The van der Waals surface area contributed by atoms with Gasteiger partial charge in [0.25, 0.3) is 5.91 Å². The maximum absolute atomic E-state index is 13.1. The lowest BCUT2D eigenvalue weighted by Gasteiger charge is -2.40. The highest BCUT2D eigenvalue weighted by molar-refractivity contribution is 9.10. The van der Waals surface area contributed by atoms with Gasteiger partial charge in [0.15, 0.2) is 5.16 Å². The van der Waals surface area contributed by atoms with Crippen LogP contribution in [0.25, 0.3) is 0 Å². The Balaban J connectivity index is 1.57. The highest BCUT2D eigenvalue weighted by Crippen LogP contribution is 2.41. The number of hydrogen-bond donors (Lipinski definition) is 0. The van der Waals surface area contributed by atoms with E-state index in [9.17, 15) is 9.59 Å². The molecular formula is C19H22BrN5O3S. The summed E-state index contributed by atoms with van der Waals surface area (Å²) in [5.74, 6) is 0.550. The molecule has 0 N–H and O–H groups in total. The number of piperazine rings is 1. The van der Waals surface area contributed by atoms with Gasteiger partial charge in [0.1, 0.15) is 11.1 Å². The van der Waals surface area contributed by atoms with Gasteiger partial charge >= 0.3 is 6.09 Å². The van der Waals surface area contributed by atoms with Crippen molar-refractivity contribution in [3.05, 3.63) is 40.1 Å². The fourth-order valence-electron chi connectivity index (χ4n) is 3.73. The minimum atomic E-state index is -0.332. The van der Waals surface area contributed by atoms with Crippen LogP contribution in [-0.2, 0) is 4.74 Å². The van der Waals surface area contributed by atoms with Gasteiger partial charge in [0, 0.05) is 30.7 Å². The molecule has 0 bridgehead atoms. The van der Waals surface area contributed by atoms with Crippen LogP contribution in [0.15, 0.2) is 33.9 Å². The number of nitrogens with zero attached hydrogens (tertiary/aromatic N) is 5. The van der Waals surface area contributed by atoms with E-state index in [-0.39, 0.29) is 23.3 Å². The number of fused-ring (bicyclic) bond motifs is 1. The van der Waals surface area contributed by atoms with Crippen molar-refractivity contribution in [1.82, 2.24) is 24.6 Å². The molecular weight excluding hydrogens is 458 g/mol. The van der Waals surface area contributed by atoms with Crippen molar-refractivity contribution in [1.29, 1.82) is 0 Å². The first-order valence-corrected chi connectivity index (χ1v) is 11.2. The molecule has 4 rings (SSSR count). The summed E-state index contributed by atoms with van der Waals surface area (Å²) in [7, 11) is 0. The average Bonchev–Trinajstić information content (AvgIpc) is 3.22. The van der Waals surface area contributed by atoms with Gasteiger partial charge < -0.3 is 9.64 Å². The molecule has 8 nitrogen and oxygen atoms in total. The van der Waals surface area contributed by atoms with Gasteiger partial charge in [-0.2, -0.15) is 4.68 Å². The van der Waals surface area contributed by atoms with Crippen molar-refractivity contribution in [3.8, 4) is 0 Å². The maximum Gasteiger partial charge on any atom is 0.409 e. The molecule has 2 aliphatic heterocycles. The molecule has 3 heterocycles. The molecule has 0 radical (unpaired) electrons. The zero-order valence-electron chi connectivity index (χ0n) is 16.2. The van der Waals surface area contributed by atoms with E-state index in [0.717, 1.165) is 10.0 Å². The predicted octanol–water partition coefficient (Wildman–Crippen LogP) is 2.98. The summed E-state index contributed by atoms with van der Waals surface area (Å²) in [6, 6.07) is 7.93. The molecule has 2 unspecified atom stereocenters. The highest BCUT2D eigenvalue weighted by Gasteiger charge is 2.43. The number of amides is 1. The van der Waals surface area contributed by atoms with Gasteiger partial charge in [-0.3, -0.25) is 9.69 Å². The fraction of sp³-hybridized carbons (Fsp3) is 0.474. The molecule has 2 aliphatic rings. The molecule has 0 spiro atoms. The second-order valence-corrected chi connectivity index (χ2v) is 8.97. The van der Waals surface area contributed by atoms with Gasteiger partial charge in [0.05, 0.1) is 12.6 Å². The topological polar surface area (TPSA) is 80.6 Å². The lowest BCUT2D eigenvalue weighted by molar-refractivity contribution is 0.0600. The van der Waals surface area contributed by atoms with Gasteiger partial charge in [0.2, 0.25) is 0 Å². The van der Waals surface area contributed by atoms with Gasteiger partial charge in [-0.15, -0.1) is 5.10 Å². The first-order valence-electron chi connectivity index (χ1n) is 9.53. The van der Waals surface area contributed by atoms with E-state index < -0.39 is 0 Å². The summed E-state index contributed by atoms with van der Waals surface area (Å²) in [5, 5.41) is 4.56. The summed E-state index contributed by atoms with van der Waals surface area (Å²) in [6.45, 7) is 6.43. The van der Waals surface area contributed by atoms with E-state index in [0.29, 0.717) is 43.8 Å². The Labute approximate surface area is 181 Å². The second kappa shape index (κ2) is 8.45. The van der Waals surface area contributed by atoms with Crippen molar-refractivity contribution in [2.75, 3.05) is 32.8 Å². The third kappa shape index (κ3) is 4.06. The second-order valence-electron chi connectivity index (χ2n) is 6.95. The zero-order chi connectivity index (χ0) is 20.5. The SMILES string of the molecule is CCOC(=O)N1CCN(C(c2ccc(Br)cc2)C2Sc3nc(C)nn3C2=O)CC1. The van der Waals surface area contributed by atoms with Crippen LogP contribution in [0.1, 0.15) is 29.1 Å². The Bertz CT molecular complexity index is 911. The molecule has 2 aromatic rings. The van der Waals surface area contributed by atoms with Crippen molar-refractivity contribution in [2.45, 2.75) is 30.3 Å². The van der Waals surface area contributed by atoms with Gasteiger partial charge in [-0.25, -0.2) is 9.78 Å². The Morgan fingerprint density at radius 3 is 2.59 bits per heavy atom. The number of halogens is 1. The molecule has 1 saturated heterocycles. The van der Waals surface area contributed by atoms with E-state index in [2.05, 4.69) is 30.9 Å². The lowest BCUT2D eigenvalue weighted by atomic mass is 10.00. The summed E-state index contributed by atoms with van der Waals surface area (Å²) >= 11 is 4.94. The van der Waals surface area contributed by atoms with Gasteiger partial charge in [-0.05, 0) is 31.5 Å². The van der Waals surface area contributed by atoms with Crippen LogP contribution in [-0.4, -0.2) is 74.6 Å². The normalized spacial score (nSPS) is 20.6. The largest absolute Gasteiger partial charge is 0.450 e. The summed E-state index contributed by atoms with van der Waals surface area (Å²) in [5.41, 5.74) is 1.06. The number of ether oxygens (including phenoxy) is 1. The molecule has 1 aromatic carbocycles. The van der Waals surface area contributed by atoms with E-state index in [4.69, 9.17) is 4.74 Å². The molecule has 29 heavy (non-hydrogen) atoms. The van der Waals surface area contributed by atoms with Crippen LogP contribution in [0, 0.1) is 6.92 Å². The van der Waals surface area contributed by atoms with Crippen LogP contribution < -0.4 is 0 Å². The number of hydrogen-bond acceptors (Lipinski definition) is 7.